The van der Waals surface area contributed by atoms with Crippen LogP contribution in [0.15, 0.2) is 24.3 Å². The highest BCUT2D eigenvalue weighted by Crippen LogP contribution is 2.36. The molecule has 0 aliphatic carbocycles. The standard InChI is InChI=1S/C18H25N3O/c1-20-8-9-21(17-5-3-2-4-16(17)20)18(22)12-13-10-14-6-7-15(11-13)19-14/h2-5,13-15,19H,6-12H2,1H3. The summed E-state index contributed by atoms with van der Waals surface area (Å²) < 4.78 is 0. The third kappa shape index (κ3) is 2.50. The summed E-state index contributed by atoms with van der Waals surface area (Å²) >= 11 is 0. The third-order valence-corrected chi connectivity index (χ3v) is 5.58. The van der Waals surface area contributed by atoms with E-state index in [-0.39, 0.29) is 0 Å². The zero-order valence-electron chi connectivity index (χ0n) is 13.3. The molecule has 2 unspecified atom stereocenters. The maximum absolute atomic E-state index is 12.9. The highest BCUT2D eigenvalue weighted by molar-refractivity contribution is 5.97. The van der Waals surface area contributed by atoms with E-state index in [4.69, 9.17) is 0 Å². The van der Waals surface area contributed by atoms with Crippen molar-refractivity contribution < 1.29 is 4.79 Å². The molecule has 4 rings (SSSR count). The SMILES string of the molecule is CN1CCN(C(=O)CC2CC3CCC(C2)N3)c2ccccc21. The number of para-hydroxylation sites is 2. The molecule has 2 atom stereocenters. The molecular weight excluding hydrogens is 274 g/mol. The minimum atomic E-state index is 0.312. The predicted molar refractivity (Wildman–Crippen MR) is 89.4 cm³/mol. The van der Waals surface area contributed by atoms with Crippen molar-refractivity contribution in [2.75, 3.05) is 29.9 Å². The molecule has 2 fully saturated rings. The van der Waals surface area contributed by atoms with Crippen molar-refractivity contribution in [2.45, 2.75) is 44.2 Å². The highest BCUT2D eigenvalue weighted by atomic mass is 16.2. The number of fused-ring (bicyclic) bond motifs is 3. The van der Waals surface area contributed by atoms with Crippen LogP contribution in [0.4, 0.5) is 11.4 Å². The molecule has 1 N–H and O–H groups in total. The van der Waals surface area contributed by atoms with E-state index in [2.05, 4.69) is 29.4 Å². The molecule has 2 saturated heterocycles. The van der Waals surface area contributed by atoms with Crippen molar-refractivity contribution in [1.82, 2.24) is 5.32 Å². The Bertz CT molecular complexity index is 561. The number of hydrogen-bond acceptors (Lipinski definition) is 3. The van der Waals surface area contributed by atoms with Gasteiger partial charge >= 0.3 is 0 Å². The first-order valence-electron chi connectivity index (χ1n) is 8.57. The molecule has 0 saturated carbocycles. The normalized spacial score (nSPS) is 30.3. The van der Waals surface area contributed by atoms with Gasteiger partial charge in [-0.3, -0.25) is 4.79 Å². The van der Waals surface area contributed by atoms with Gasteiger partial charge in [-0.15, -0.1) is 0 Å². The number of anilines is 2. The Balaban J connectivity index is 1.48. The smallest absolute Gasteiger partial charge is 0.227 e. The number of hydrogen-bond donors (Lipinski definition) is 1. The lowest BCUT2D eigenvalue weighted by Crippen LogP contribution is -2.44. The van der Waals surface area contributed by atoms with Crippen LogP contribution in [0, 0.1) is 5.92 Å². The minimum absolute atomic E-state index is 0.312. The van der Waals surface area contributed by atoms with Gasteiger partial charge in [0.2, 0.25) is 5.91 Å². The molecule has 0 radical (unpaired) electrons. The van der Waals surface area contributed by atoms with Crippen LogP contribution < -0.4 is 15.1 Å². The van der Waals surface area contributed by atoms with Gasteiger partial charge in [-0.25, -0.2) is 0 Å². The Morgan fingerprint density at radius 1 is 1.14 bits per heavy atom. The van der Waals surface area contributed by atoms with Crippen LogP contribution >= 0.6 is 0 Å². The van der Waals surface area contributed by atoms with Gasteiger partial charge in [0, 0.05) is 38.6 Å². The van der Waals surface area contributed by atoms with E-state index in [1.807, 2.05) is 17.0 Å². The molecule has 3 heterocycles. The van der Waals surface area contributed by atoms with E-state index < -0.39 is 0 Å². The lowest BCUT2D eigenvalue weighted by molar-refractivity contribution is -0.119. The molecule has 0 spiro atoms. The topological polar surface area (TPSA) is 35.6 Å². The minimum Gasteiger partial charge on any atom is -0.371 e. The number of rotatable bonds is 2. The molecule has 3 aliphatic rings. The van der Waals surface area contributed by atoms with Crippen LogP contribution in [0.1, 0.15) is 32.1 Å². The van der Waals surface area contributed by atoms with E-state index in [1.165, 1.54) is 31.4 Å². The number of amides is 1. The fraction of sp³-hybridized carbons (Fsp3) is 0.611. The zero-order valence-corrected chi connectivity index (χ0v) is 13.3. The van der Waals surface area contributed by atoms with Crippen LogP contribution in [-0.4, -0.2) is 38.1 Å². The molecule has 22 heavy (non-hydrogen) atoms. The monoisotopic (exact) mass is 299 g/mol. The van der Waals surface area contributed by atoms with E-state index in [1.54, 1.807) is 0 Å². The van der Waals surface area contributed by atoms with Crippen molar-refractivity contribution in [3.05, 3.63) is 24.3 Å². The Morgan fingerprint density at radius 2 is 1.82 bits per heavy atom. The number of likely N-dealkylation sites (N-methyl/N-ethyl adjacent to an activating group) is 1. The second-order valence-electron chi connectivity index (χ2n) is 7.14. The maximum atomic E-state index is 12.9. The van der Waals surface area contributed by atoms with Gasteiger partial charge in [-0.1, -0.05) is 12.1 Å². The molecule has 3 aliphatic heterocycles. The van der Waals surface area contributed by atoms with Crippen molar-refractivity contribution in [3.63, 3.8) is 0 Å². The highest BCUT2D eigenvalue weighted by Gasteiger charge is 2.35. The molecular formula is C18H25N3O. The Kier molecular flexibility index (Phi) is 3.57. The van der Waals surface area contributed by atoms with Gasteiger partial charge in [0.15, 0.2) is 0 Å². The van der Waals surface area contributed by atoms with E-state index >= 15 is 0 Å². The van der Waals surface area contributed by atoms with Crippen LogP contribution in [0.5, 0.6) is 0 Å². The quantitative estimate of drug-likeness (QED) is 0.911. The summed E-state index contributed by atoms with van der Waals surface area (Å²) in [4.78, 5) is 17.1. The molecule has 1 amide bonds. The molecule has 118 valence electrons. The van der Waals surface area contributed by atoms with Crippen LogP contribution in [0.2, 0.25) is 0 Å². The second kappa shape index (κ2) is 5.58. The van der Waals surface area contributed by atoms with Crippen molar-refractivity contribution in [1.29, 1.82) is 0 Å². The molecule has 4 nitrogen and oxygen atoms in total. The van der Waals surface area contributed by atoms with Gasteiger partial charge < -0.3 is 15.1 Å². The largest absolute Gasteiger partial charge is 0.371 e. The van der Waals surface area contributed by atoms with Crippen molar-refractivity contribution in [3.8, 4) is 0 Å². The van der Waals surface area contributed by atoms with Gasteiger partial charge in [-0.05, 0) is 43.7 Å². The Morgan fingerprint density at radius 3 is 2.55 bits per heavy atom. The van der Waals surface area contributed by atoms with Gasteiger partial charge in [0.1, 0.15) is 0 Å². The zero-order chi connectivity index (χ0) is 15.1. The summed E-state index contributed by atoms with van der Waals surface area (Å²) in [5.74, 6) is 0.880. The third-order valence-electron chi connectivity index (χ3n) is 5.58. The number of carbonyl (C=O) groups excluding carboxylic acids is 1. The average Bonchev–Trinajstić information content (AvgIpc) is 2.86. The fourth-order valence-corrected chi connectivity index (χ4v) is 4.46. The van der Waals surface area contributed by atoms with Crippen LogP contribution in [0.3, 0.4) is 0 Å². The fourth-order valence-electron chi connectivity index (χ4n) is 4.46. The summed E-state index contributed by atoms with van der Waals surface area (Å²) in [7, 11) is 2.10. The lowest BCUT2D eigenvalue weighted by atomic mass is 9.89. The van der Waals surface area contributed by atoms with Gasteiger partial charge in [0.05, 0.1) is 11.4 Å². The summed E-state index contributed by atoms with van der Waals surface area (Å²) in [6.45, 7) is 1.73. The molecule has 0 aromatic heterocycles. The number of piperidine rings is 1. The second-order valence-corrected chi connectivity index (χ2v) is 7.14. The first-order chi connectivity index (χ1) is 10.7. The maximum Gasteiger partial charge on any atom is 0.227 e. The first kappa shape index (κ1) is 14.1. The predicted octanol–water partition coefficient (Wildman–Crippen LogP) is 2.39. The van der Waals surface area contributed by atoms with E-state index in [0.717, 1.165) is 18.8 Å². The van der Waals surface area contributed by atoms with E-state index in [0.29, 0.717) is 30.3 Å². The van der Waals surface area contributed by atoms with Crippen LogP contribution in [0.25, 0.3) is 0 Å². The summed E-state index contributed by atoms with van der Waals surface area (Å²) in [5.41, 5.74) is 2.26. The lowest BCUT2D eigenvalue weighted by Gasteiger charge is -2.37. The summed E-state index contributed by atoms with van der Waals surface area (Å²) in [5, 5.41) is 3.66. The van der Waals surface area contributed by atoms with Crippen molar-refractivity contribution in [2.24, 2.45) is 5.92 Å². The number of benzene rings is 1. The molecule has 4 heteroatoms. The molecule has 2 bridgehead atoms. The average molecular weight is 299 g/mol. The Labute approximate surface area is 132 Å². The molecule has 1 aromatic rings. The number of nitrogens with zero attached hydrogens (tertiary/aromatic N) is 2. The summed E-state index contributed by atoms with van der Waals surface area (Å²) in [6.07, 6.45) is 5.67. The Hall–Kier alpha value is -1.55. The van der Waals surface area contributed by atoms with Gasteiger partial charge in [-0.2, -0.15) is 0 Å². The van der Waals surface area contributed by atoms with E-state index in [9.17, 15) is 4.79 Å². The first-order valence-corrected chi connectivity index (χ1v) is 8.57. The van der Waals surface area contributed by atoms with Crippen LogP contribution in [-0.2, 0) is 4.79 Å². The number of nitrogens with one attached hydrogen (secondary N) is 1. The molecule has 1 aromatic carbocycles. The van der Waals surface area contributed by atoms with Crippen molar-refractivity contribution >= 4 is 17.3 Å². The summed E-state index contributed by atoms with van der Waals surface area (Å²) in [6, 6.07) is 9.60. The number of carbonyl (C=O) groups is 1. The van der Waals surface area contributed by atoms with Gasteiger partial charge in [0.25, 0.3) is 0 Å².